The van der Waals surface area contributed by atoms with Crippen LogP contribution < -0.4 is 0 Å². The fourth-order valence-electron chi connectivity index (χ4n) is 3.95. The van der Waals surface area contributed by atoms with Crippen LogP contribution in [-0.2, 0) is 0 Å². The summed E-state index contributed by atoms with van der Waals surface area (Å²) in [6, 6.07) is 16.4. The number of amides is 1. The van der Waals surface area contributed by atoms with E-state index in [1.807, 2.05) is 23.1 Å². The largest absolute Gasteiger partial charge is 0.339 e. The van der Waals surface area contributed by atoms with Gasteiger partial charge in [0.2, 0.25) is 0 Å². The molecule has 1 fully saturated rings. The van der Waals surface area contributed by atoms with Gasteiger partial charge in [-0.3, -0.25) is 4.79 Å². The molecule has 1 aliphatic rings. The summed E-state index contributed by atoms with van der Waals surface area (Å²) in [5, 5.41) is 6.30. The molecule has 4 aromatic rings. The summed E-state index contributed by atoms with van der Waals surface area (Å²) in [5.74, 6) is 0.0916. The average molecular weight is 438 g/mol. The van der Waals surface area contributed by atoms with Gasteiger partial charge in [-0.25, -0.2) is 0 Å². The highest BCUT2D eigenvalue weighted by Gasteiger charge is 2.19. The summed E-state index contributed by atoms with van der Waals surface area (Å²) in [7, 11) is 0. The Kier molecular flexibility index (Phi) is 5.17. The number of benzene rings is 2. The predicted molar refractivity (Wildman–Crippen MR) is 125 cm³/mol. The summed E-state index contributed by atoms with van der Waals surface area (Å²) in [6.07, 6.45) is 3.39. The fourth-order valence-corrected chi connectivity index (χ4v) is 6.21. The first-order valence-corrected chi connectivity index (χ1v) is 12.0. The van der Waals surface area contributed by atoms with E-state index in [-0.39, 0.29) is 5.91 Å². The number of carbonyl (C=O) groups is 1. The van der Waals surface area contributed by atoms with Gasteiger partial charge in [-0.15, -0.1) is 22.7 Å². The Morgan fingerprint density at radius 2 is 1.72 bits per heavy atom. The van der Waals surface area contributed by atoms with Crippen LogP contribution in [0.3, 0.4) is 0 Å². The molecule has 1 amide bonds. The van der Waals surface area contributed by atoms with Gasteiger partial charge in [0.15, 0.2) is 0 Å². The van der Waals surface area contributed by atoms with Crippen molar-refractivity contribution in [3.8, 4) is 21.6 Å². The quantitative estimate of drug-likeness (QED) is 0.323. The third-order valence-corrected chi connectivity index (χ3v) is 7.76. The van der Waals surface area contributed by atoms with Gasteiger partial charge < -0.3 is 4.90 Å². The zero-order valence-electron chi connectivity index (χ0n) is 15.9. The van der Waals surface area contributed by atoms with Crippen LogP contribution in [0.15, 0.2) is 59.3 Å². The van der Waals surface area contributed by atoms with Crippen LogP contribution >= 0.6 is 34.3 Å². The summed E-state index contributed by atoms with van der Waals surface area (Å²) in [5.41, 5.74) is 4.03. The van der Waals surface area contributed by atoms with Crippen LogP contribution in [0, 0.1) is 0 Å². The number of halogens is 1. The van der Waals surface area contributed by atoms with Crippen molar-refractivity contribution in [1.29, 1.82) is 0 Å². The van der Waals surface area contributed by atoms with Crippen LogP contribution in [0.1, 0.15) is 29.6 Å². The van der Waals surface area contributed by atoms with Gasteiger partial charge in [-0.1, -0.05) is 35.9 Å². The number of thiophene rings is 2. The van der Waals surface area contributed by atoms with Crippen molar-refractivity contribution in [3.05, 3.63) is 69.9 Å². The Balaban J connectivity index is 1.44. The van der Waals surface area contributed by atoms with E-state index in [1.54, 1.807) is 22.7 Å². The molecule has 5 heteroatoms. The first-order chi connectivity index (χ1) is 14.2. The fraction of sp³-hybridized carbons (Fsp3) is 0.208. The first-order valence-electron chi connectivity index (χ1n) is 9.85. The molecule has 2 aromatic carbocycles. The molecule has 3 heterocycles. The van der Waals surface area contributed by atoms with Crippen LogP contribution in [0.4, 0.5) is 0 Å². The van der Waals surface area contributed by atoms with Crippen molar-refractivity contribution in [1.82, 2.24) is 4.90 Å². The molecule has 2 nitrogen and oxygen atoms in total. The van der Waals surface area contributed by atoms with E-state index in [0.717, 1.165) is 37.1 Å². The lowest BCUT2D eigenvalue weighted by Crippen LogP contribution is -2.35. The summed E-state index contributed by atoms with van der Waals surface area (Å²) >= 11 is 10.1. The first kappa shape index (κ1) is 18.9. The predicted octanol–water partition coefficient (Wildman–Crippen LogP) is 7.58. The zero-order valence-corrected chi connectivity index (χ0v) is 18.2. The lowest BCUT2D eigenvalue weighted by molar-refractivity contribution is 0.0724. The molecule has 0 aliphatic carbocycles. The van der Waals surface area contributed by atoms with E-state index in [1.165, 1.54) is 26.9 Å². The monoisotopic (exact) mass is 437 g/mol. The van der Waals surface area contributed by atoms with Crippen molar-refractivity contribution < 1.29 is 4.79 Å². The van der Waals surface area contributed by atoms with E-state index in [2.05, 4.69) is 41.1 Å². The van der Waals surface area contributed by atoms with Gasteiger partial charge >= 0.3 is 0 Å². The molecule has 146 valence electrons. The summed E-state index contributed by atoms with van der Waals surface area (Å²) < 4.78 is 1.30. The number of hydrogen-bond donors (Lipinski definition) is 0. The maximum absolute atomic E-state index is 12.8. The van der Waals surface area contributed by atoms with E-state index in [0.29, 0.717) is 10.6 Å². The molecule has 0 saturated carbocycles. The maximum atomic E-state index is 12.8. The lowest BCUT2D eigenvalue weighted by atomic mass is 10.0. The van der Waals surface area contributed by atoms with Crippen LogP contribution in [0.2, 0.25) is 5.02 Å². The Labute approximate surface area is 183 Å². The lowest BCUT2D eigenvalue weighted by Gasteiger charge is -2.26. The molecule has 0 radical (unpaired) electrons. The number of fused-ring (bicyclic) bond motifs is 1. The second kappa shape index (κ2) is 7.94. The summed E-state index contributed by atoms with van der Waals surface area (Å²) in [6.45, 7) is 1.70. The second-order valence-corrected chi connectivity index (χ2v) is 9.62. The van der Waals surface area contributed by atoms with Gasteiger partial charge in [-0.05, 0) is 54.5 Å². The van der Waals surface area contributed by atoms with Gasteiger partial charge in [-0.2, -0.15) is 0 Å². The standard InChI is InChI=1S/C24H20ClNOS2/c25-21-12-16(24(27)26-10-4-1-5-11-26)8-9-18(21)17-13-23(28-14-17)20-15-29-22-7-3-2-6-19(20)22/h2-3,6-9,12-15H,1,4-5,10-11H2. The minimum atomic E-state index is 0.0916. The highest BCUT2D eigenvalue weighted by molar-refractivity contribution is 7.19. The minimum absolute atomic E-state index is 0.0916. The van der Waals surface area contributed by atoms with Crippen LogP contribution in [-0.4, -0.2) is 23.9 Å². The van der Waals surface area contributed by atoms with Gasteiger partial charge in [0, 0.05) is 55.1 Å². The Morgan fingerprint density at radius 3 is 2.55 bits per heavy atom. The number of likely N-dealkylation sites (tertiary alicyclic amines) is 1. The summed E-state index contributed by atoms with van der Waals surface area (Å²) in [4.78, 5) is 15.9. The van der Waals surface area contributed by atoms with Crippen molar-refractivity contribution in [2.24, 2.45) is 0 Å². The number of carbonyl (C=O) groups excluding carboxylic acids is 1. The van der Waals surface area contributed by atoms with E-state index in [4.69, 9.17) is 11.6 Å². The zero-order chi connectivity index (χ0) is 19.8. The van der Waals surface area contributed by atoms with E-state index < -0.39 is 0 Å². The average Bonchev–Trinajstić information content (AvgIpc) is 3.41. The van der Waals surface area contributed by atoms with Gasteiger partial charge in [0.1, 0.15) is 0 Å². The topological polar surface area (TPSA) is 20.3 Å². The molecule has 0 spiro atoms. The Bertz CT molecular complexity index is 1190. The molecule has 0 N–H and O–H groups in total. The minimum Gasteiger partial charge on any atom is -0.339 e. The smallest absolute Gasteiger partial charge is 0.253 e. The van der Waals surface area contributed by atoms with Crippen molar-refractivity contribution in [2.75, 3.05) is 13.1 Å². The number of rotatable bonds is 3. The SMILES string of the molecule is O=C(c1ccc(-c2csc(-c3csc4ccccc34)c2)c(Cl)c1)N1CCCCC1. The molecule has 1 saturated heterocycles. The molecule has 5 rings (SSSR count). The number of piperidine rings is 1. The maximum Gasteiger partial charge on any atom is 0.253 e. The Morgan fingerprint density at radius 1 is 0.897 bits per heavy atom. The Hall–Kier alpha value is -2.14. The van der Waals surface area contributed by atoms with Crippen molar-refractivity contribution >= 4 is 50.3 Å². The molecule has 0 bridgehead atoms. The number of nitrogens with zero attached hydrogens (tertiary/aromatic N) is 1. The van der Waals surface area contributed by atoms with Crippen LogP contribution in [0.25, 0.3) is 31.7 Å². The van der Waals surface area contributed by atoms with Crippen LogP contribution in [0.5, 0.6) is 0 Å². The molecule has 29 heavy (non-hydrogen) atoms. The van der Waals surface area contributed by atoms with E-state index >= 15 is 0 Å². The molecular weight excluding hydrogens is 418 g/mol. The molecular formula is C24H20ClNOS2. The third-order valence-electron chi connectivity index (χ3n) is 5.52. The van der Waals surface area contributed by atoms with E-state index in [9.17, 15) is 4.79 Å². The van der Waals surface area contributed by atoms with Crippen molar-refractivity contribution in [2.45, 2.75) is 19.3 Å². The molecule has 0 unspecified atom stereocenters. The number of hydrogen-bond acceptors (Lipinski definition) is 3. The molecule has 2 aromatic heterocycles. The van der Waals surface area contributed by atoms with Crippen molar-refractivity contribution in [3.63, 3.8) is 0 Å². The normalized spacial score (nSPS) is 14.4. The highest BCUT2D eigenvalue weighted by atomic mass is 35.5. The third kappa shape index (κ3) is 3.61. The van der Waals surface area contributed by atoms with Gasteiger partial charge in [0.05, 0.1) is 0 Å². The molecule has 1 aliphatic heterocycles. The molecule has 0 atom stereocenters. The second-order valence-electron chi connectivity index (χ2n) is 7.39. The highest BCUT2D eigenvalue weighted by Crippen LogP contribution is 2.40. The van der Waals surface area contributed by atoms with Gasteiger partial charge in [0.25, 0.3) is 5.91 Å².